The Balaban J connectivity index is 1.43. The molecule has 0 saturated carbocycles. The molecule has 0 bridgehead atoms. The molecule has 36 heavy (non-hydrogen) atoms. The molecule has 1 atom stereocenters. The highest BCUT2D eigenvalue weighted by Crippen LogP contribution is 2.35. The third-order valence-electron chi connectivity index (χ3n) is 5.08. The third kappa shape index (κ3) is 6.81. The summed E-state index contributed by atoms with van der Waals surface area (Å²) < 4.78 is 4.36. The first-order chi connectivity index (χ1) is 17.2. The lowest BCUT2D eigenvalue weighted by atomic mass is 10.2. The van der Waals surface area contributed by atoms with Crippen LogP contribution in [-0.2, 0) is 11.3 Å². The van der Waals surface area contributed by atoms with Gasteiger partial charge in [-0.2, -0.15) is 0 Å². The van der Waals surface area contributed by atoms with Crippen molar-refractivity contribution < 1.29 is 14.3 Å². The van der Waals surface area contributed by atoms with Gasteiger partial charge in [0.05, 0.1) is 11.4 Å². The molecule has 3 aromatic carbocycles. The van der Waals surface area contributed by atoms with E-state index < -0.39 is 15.9 Å². The van der Waals surface area contributed by atoms with Crippen molar-refractivity contribution in [3.05, 3.63) is 107 Å². The summed E-state index contributed by atoms with van der Waals surface area (Å²) in [5.41, 5.74) is 2.17. The second-order valence-electron chi connectivity index (χ2n) is 7.70. The van der Waals surface area contributed by atoms with Crippen LogP contribution in [0.2, 0.25) is 0 Å². The molecule has 184 valence electrons. The topological polar surface area (TPSA) is 58.6 Å². The molecule has 0 aliphatic carbocycles. The van der Waals surface area contributed by atoms with Gasteiger partial charge in [-0.05, 0) is 41.5 Å². The number of hydrogen-bond acceptors (Lipinski definition) is 5. The van der Waals surface area contributed by atoms with Crippen molar-refractivity contribution in [3.63, 3.8) is 0 Å². The van der Waals surface area contributed by atoms with Gasteiger partial charge in [-0.3, -0.25) is 14.5 Å². The van der Waals surface area contributed by atoms with Crippen molar-refractivity contribution in [3.8, 4) is 5.75 Å². The van der Waals surface area contributed by atoms with Gasteiger partial charge in [0, 0.05) is 5.56 Å². The van der Waals surface area contributed by atoms with E-state index in [2.05, 4.69) is 5.32 Å². The highest BCUT2D eigenvalue weighted by molar-refractivity contribution is 8.26. The molecule has 1 saturated heterocycles. The second kappa shape index (κ2) is 11.7. The maximum absolute atomic E-state index is 12.9. The fourth-order valence-corrected chi connectivity index (χ4v) is 4.85. The number of rotatable bonds is 7. The molecule has 10 heteroatoms. The number of carbonyl (C=O) groups is 2. The highest BCUT2D eigenvalue weighted by Gasteiger charge is 2.36. The van der Waals surface area contributed by atoms with Gasteiger partial charge in [-0.1, -0.05) is 119 Å². The van der Waals surface area contributed by atoms with Crippen LogP contribution in [0.4, 0.5) is 0 Å². The van der Waals surface area contributed by atoms with E-state index in [1.54, 1.807) is 65.6 Å². The zero-order chi connectivity index (χ0) is 25.7. The minimum absolute atomic E-state index is 0.144. The number of carbonyl (C=O) groups excluding carboxylic acids is 2. The number of benzene rings is 3. The molecule has 4 rings (SSSR count). The van der Waals surface area contributed by atoms with Crippen LogP contribution < -0.4 is 10.1 Å². The van der Waals surface area contributed by atoms with Gasteiger partial charge in [0.2, 0.25) is 10.0 Å². The number of thioether (sulfide) groups is 1. The average Bonchev–Trinajstić information content (AvgIpc) is 3.12. The molecule has 0 radical (unpaired) electrons. The zero-order valence-corrected chi connectivity index (χ0v) is 22.5. The molecule has 1 N–H and O–H groups in total. The second-order valence-corrected chi connectivity index (χ2v) is 11.7. The molecule has 1 heterocycles. The highest BCUT2D eigenvalue weighted by atomic mass is 35.6. The molecular formula is C26H19Cl3N2O3S2. The van der Waals surface area contributed by atoms with Crippen molar-refractivity contribution in [2.24, 2.45) is 0 Å². The van der Waals surface area contributed by atoms with Crippen LogP contribution in [0.1, 0.15) is 21.5 Å². The van der Waals surface area contributed by atoms with Gasteiger partial charge in [-0.25, -0.2) is 0 Å². The van der Waals surface area contributed by atoms with Crippen molar-refractivity contribution in [1.29, 1.82) is 0 Å². The Labute approximate surface area is 233 Å². The summed E-state index contributed by atoms with van der Waals surface area (Å²) in [5.74, 6) is -0.219. The van der Waals surface area contributed by atoms with E-state index in [0.29, 0.717) is 27.1 Å². The zero-order valence-electron chi connectivity index (χ0n) is 18.6. The Kier molecular flexibility index (Phi) is 8.59. The average molecular weight is 578 g/mol. The van der Waals surface area contributed by atoms with Crippen molar-refractivity contribution >= 4 is 81.0 Å². The first-order valence-corrected chi connectivity index (χ1v) is 13.1. The monoisotopic (exact) mass is 576 g/mol. The van der Waals surface area contributed by atoms with Crippen molar-refractivity contribution in [2.75, 3.05) is 0 Å². The maximum atomic E-state index is 12.9. The Hall–Kier alpha value is -2.55. The number of ether oxygens (including phenoxy) is 1. The molecular weight excluding hydrogens is 559 g/mol. The lowest BCUT2D eigenvalue weighted by Gasteiger charge is -2.26. The van der Waals surface area contributed by atoms with Crippen LogP contribution in [0.25, 0.3) is 6.08 Å². The SMILES string of the molecule is O=C(N[C@@H](Oc1ccc(/C=C2\SC(=S)N(Cc3ccccc3)C2=O)cc1)C(Cl)(Cl)Cl)c1ccccc1. The Morgan fingerprint density at radius 3 is 2.22 bits per heavy atom. The van der Waals surface area contributed by atoms with Crippen molar-refractivity contribution in [1.82, 2.24) is 10.2 Å². The summed E-state index contributed by atoms with van der Waals surface area (Å²) in [7, 11) is 0. The van der Waals surface area contributed by atoms with Crippen LogP contribution in [0.3, 0.4) is 0 Å². The number of amides is 2. The van der Waals surface area contributed by atoms with Crippen LogP contribution in [-0.4, -0.2) is 31.1 Å². The number of nitrogens with zero attached hydrogens (tertiary/aromatic N) is 1. The first-order valence-electron chi connectivity index (χ1n) is 10.7. The predicted octanol–water partition coefficient (Wildman–Crippen LogP) is 6.59. The molecule has 1 fully saturated rings. The number of halogens is 3. The molecule has 3 aromatic rings. The predicted molar refractivity (Wildman–Crippen MR) is 150 cm³/mol. The number of alkyl halides is 3. The van der Waals surface area contributed by atoms with E-state index in [4.69, 9.17) is 51.8 Å². The Morgan fingerprint density at radius 1 is 1.00 bits per heavy atom. The smallest absolute Gasteiger partial charge is 0.266 e. The van der Waals surface area contributed by atoms with Gasteiger partial charge < -0.3 is 10.1 Å². The third-order valence-corrected chi connectivity index (χ3v) is 7.06. The van der Waals surface area contributed by atoms with E-state index in [1.165, 1.54) is 11.8 Å². The van der Waals surface area contributed by atoms with Gasteiger partial charge in [-0.15, -0.1) is 0 Å². The summed E-state index contributed by atoms with van der Waals surface area (Å²) in [4.78, 5) is 27.5. The van der Waals surface area contributed by atoms with E-state index in [1.807, 2.05) is 30.3 Å². The Bertz CT molecular complexity index is 1280. The van der Waals surface area contributed by atoms with E-state index in [0.717, 1.165) is 11.1 Å². The number of thiocarbonyl (C=S) groups is 1. The molecule has 0 aromatic heterocycles. The summed E-state index contributed by atoms with van der Waals surface area (Å²) in [6.07, 6.45) is 0.521. The molecule has 2 amide bonds. The normalized spacial score (nSPS) is 15.8. The van der Waals surface area contributed by atoms with Gasteiger partial charge >= 0.3 is 0 Å². The van der Waals surface area contributed by atoms with Crippen LogP contribution >= 0.6 is 58.8 Å². The largest absolute Gasteiger partial charge is 0.466 e. The fourth-order valence-electron chi connectivity index (χ4n) is 3.30. The van der Waals surface area contributed by atoms with Crippen LogP contribution in [0.15, 0.2) is 89.8 Å². The summed E-state index contributed by atoms with van der Waals surface area (Å²) >= 11 is 24.8. The fraction of sp³-hybridized carbons (Fsp3) is 0.115. The Morgan fingerprint density at radius 2 is 1.61 bits per heavy atom. The lowest BCUT2D eigenvalue weighted by Crippen LogP contribution is -2.47. The molecule has 0 spiro atoms. The minimum Gasteiger partial charge on any atom is -0.466 e. The van der Waals surface area contributed by atoms with Crippen molar-refractivity contribution in [2.45, 2.75) is 16.6 Å². The van der Waals surface area contributed by atoms with E-state index >= 15 is 0 Å². The molecule has 1 aliphatic rings. The quantitative estimate of drug-likeness (QED) is 0.149. The molecule has 0 unspecified atom stereocenters. The summed E-state index contributed by atoms with van der Waals surface area (Å²) in [5, 5.41) is 2.59. The standard InChI is InChI=1S/C26H19Cl3N2O3S2/c27-26(28,29)24(30-22(32)19-9-5-2-6-10-19)34-20-13-11-17(12-14-20)15-21-23(33)31(25(35)36-21)16-18-7-3-1-4-8-18/h1-15,24H,16H2,(H,30,32)/b21-15-/t24-/m0/s1. The molecule has 5 nitrogen and oxygen atoms in total. The minimum atomic E-state index is -1.92. The number of hydrogen-bond donors (Lipinski definition) is 1. The van der Waals surface area contributed by atoms with Gasteiger partial charge in [0.15, 0.2) is 0 Å². The lowest BCUT2D eigenvalue weighted by molar-refractivity contribution is -0.122. The maximum Gasteiger partial charge on any atom is 0.266 e. The first kappa shape index (κ1) is 26.5. The summed E-state index contributed by atoms with van der Waals surface area (Å²) in [6.45, 7) is 0.419. The van der Waals surface area contributed by atoms with E-state index in [-0.39, 0.29) is 5.91 Å². The van der Waals surface area contributed by atoms with Gasteiger partial charge in [0.1, 0.15) is 10.1 Å². The van der Waals surface area contributed by atoms with E-state index in [9.17, 15) is 9.59 Å². The van der Waals surface area contributed by atoms with Gasteiger partial charge in [0.25, 0.3) is 11.8 Å². The van der Waals surface area contributed by atoms with Crippen LogP contribution in [0, 0.1) is 0 Å². The van der Waals surface area contributed by atoms with Crippen LogP contribution in [0.5, 0.6) is 5.75 Å². The molecule has 1 aliphatic heterocycles. The number of nitrogens with one attached hydrogen (secondary N) is 1. The summed E-state index contributed by atoms with van der Waals surface area (Å²) in [6, 6.07) is 25.1.